The summed E-state index contributed by atoms with van der Waals surface area (Å²) >= 11 is 0. The van der Waals surface area contributed by atoms with Crippen LogP contribution in [0.5, 0.6) is 0 Å². The highest BCUT2D eigenvalue weighted by Crippen LogP contribution is 2.65. The first-order valence-corrected chi connectivity index (χ1v) is 10.4. The molecule has 0 amide bonds. The van der Waals surface area contributed by atoms with Crippen LogP contribution in [0.15, 0.2) is 42.3 Å². The highest BCUT2D eigenvalue weighted by molar-refractivity contribution is 5.80. The smallest absolute Gasteiger partial charge is 0.133 e. The summed E-state index contributed by atoms with van der Waals surface area (Å²) in [6.07, 6.45) is 16.5. The number of hydrogen-bond acceptors (Lipinski definition) is 2. The molecule has 5 rings (SSSR count). The fourth-order valence-corrected chi connectivity index (χ4v) is 6.98. The number of fused-ring (bicyclic) bond motifs is 5. The third-order valence-electron chi connectivity index (χ3n) is 8.50. The fourth-order valence-electron chi connectivity index (χ4n) is 6.98. The summed E-state index contributed by atoms with van der Waals surface area (Å²) in [7, 11) is 0. The minimum absolute atomic E-state index is 0.178. The maximum absolute atomic E-state index is 12.0. The van der Waals surface area contributed by atoms with Gasteiger partial charge in [-0.3, -0.25) is 9.78 Å². The van der Waals surface area contributed by atoms with Gasteiger partial charge in [-0.15, -0.1) is 0 Å². The number of nitrogens with zero attached hydrogens (tertiary/aromatic N) is 1. The lowest BCUT2D eigenvalue weighted by Crippen LogP contribution is -2.50. The zero-order valence-electron chi connectivity index (χ0n) is 16.0. The van der Waals surface area contributed by atoms with E-state index in [9.17, 15) is 4.79 Å². The van der Waals surface area contributed by atoms with Crippen molar-refractivity contribution in [1.29, 1.82) is 0 Å². The molecule has 26 heavy (non-hydrogen) atoms. The zero-order chi connectivity index (χ0) is 17.9. The Kier molecular flexibility index (Phi) is 3.58. The van der Waals surface area contributed by atoms with Gasteiger partial charge in [0.15, 0.2) is 0 Å². The summed E-state index contributed by atoms with van der Waals surface area (Å²) in [5.74, 6) is 2.60. The molecule has 0 N–H and O–H groups in total. The highest BCUT2D eigenvalue weighted by Gasteiger charge is 2.56. The molecule has 0 aromatic carbocycles. The Labute approximate surface area is 156 Å². The fraction of sp³-hybridized carbons (Fsp3) is 0.583. The van der Waals surface area contributed by atoms with Gasteiger partial charge in [0, 0.05) is 30.7 Å². The van der Waals surface area contributed by atoms with Gasteiger partial charge < -0.3 is 0 Å². The van der Waals surface area contributed by atoms with Gasteiger partial charge in [-0.1, -0.05) is 37.6 Å². The van der Waals surface area contributed by atoms with Crippen molar-refractivity contribution in [3.8, 4) is 0 Å². The highest BCUT2D eigenvalue weighted by atomic mass is 16.1. The number of hydrogen-bond donors (Lipinski definition) is 0. The van der Waals surface area contributed by atoms with Crippen LogP contribution in [0.3, 0.4) is 0 Å². The Morgan fingerprint density at radius 2 is 2.00 bits per heavy atom. The molecule has 1 unspecified atom stereocenters. The van der Waals surface area contributed by atoms with E-state index in [4.69, 9.17) is 0 Å². The number of ketones is 1. The van der Waals surface area contributed by atoms with Crippen molar-refractivity contribution < 1.29 is 4.79 Å². The molecule has 3 fully saturated rings. The van der Waals surface area contributed by atoms with Crippen molar-refractivity contribution >= 4 is 11.4 Å². The molecule has 4 aliphatic rings. The van der Waals surface area contributed by atoms with E-state index >= 15 is 0 Å². The van der Waals surface area contributed by atoms with E-state index in [1.54, 1.807) is 5.57 Å². The molecule has 136 valence electrons. The lowest BCUT2D eigenvalue weighted by molar-refractivity contribution is -0.130. The predicted molar refractivity (Wildman–Crippen MR) is 104 cm³/mol. The quantitative estimate of drug-likeness (QED) is 0.661. The molecule has 0 saturated heterocycles. The standard InChI is InChI=1S/C24H29NO/c1-23-11-9-18(26)14-17(23)5-6-19-21-8-7-20(16-4-3-13-25-15-16)24(21,2)12-10-22(19)23/h3-4,7-8,13,15,17,19,22H,5-6,9-12,14H2,1-2H3/t17?,19-,22-,23-,24+/m0/s1. The molecule has 0 bridgehead atoms. The van der Waals surface area contributed by atoms with E-state index in [1.165, 1.54) is 36.8 Å². The minimum atomic E-state index is 0.178. The number of pyridine rings is 1. The third-order valence-corrected chi connectivity index (χ3v) is 8.50. The summed E-state index contributed by atoms with van der Waals surface area (Å²) < 4.78 is 0. The summed E-state index contributed by atoms with van der Waals surface area (Å²) in [5.41, 5.74) is 4.96. The van der Waals surface area contributed by atoms with Crippen molar-refractivity contribution in [2.24, 2.45) is 28.6 Å². The number of rotatable bonds is 1. The first-order valence-electron chi connectivity index (χ1n) is 10.4. The average molecular weight is 348 g/mol. The lowest BCUT2D eigenvalue weighted by atomic mass is 9.46. The maximum Gasteiger partial charge on any atom is 0.133 e. The first-order chi connectivity index (χ1) is 12.5. The van der Waals surface area contributed by atoms with Crippen LogP contribution < -0.4 is 0 Å². The van der Waals surface area contributed by atoms with E-state index in [0.717, 1.165) is 25.2 Å². The Bertz CT molecular complexity index is 807. The topological polar surface area (TPSA) is 30.0 Å². The summed E-state index contributed by atoms with van der Waals surface area (Å²) in [5, 5.41) is 0. The largest absolute Gasteiger partial charge is 0.300 e. The predicted octanol–water partition coefficient (Wildman–Crippen LogP) is 5.61. The number of Topliss-reactive ketones (excluding diaryl/α,β-unsaturated/α-hetero) is 1. The van der Waals surface area contributed by atoms with Crippen LogP contribution in [0.25, 0.3) is 5.57 Å². The molecule has 5 atom stereocenters. The summed E-state index contributed by atoms with van der Waals surface area (Å²) in [6, 6.07) is 4.26. The van der Waals surface area contributed by atoms with Gasteiger partial charge in [0.2, 0.25) is 0 Å². The van der Waals surface area contributed by atoms with Crippen molar-refractivity contribution in [2.75, 3.05) is 0 Å². The van der Waals surface area contributed by atoms with Gasteiger partial charge in [-0.2, -0.15) is 0 Å². The van der Waals surface area contributed by atoms with Gasteiger partial charge >= 0.3 is 0 Å². The Morgan fingerprint density at radius 3 is 2.81 bits per heavy atom. The second-order valence-corrected chi connectivity index (χ2v) is 9.55. The minimum Gasteiger partial charge on any atom is -0.300 e. The second-order valence-electron chi connectivity index (χ2n) is 9.55. The Hall–Kier alpha value is -1.70. The normalized spacial score (nSPS) is 41.6. The number of allylic oxidation sites excluding steroid dienone is 4. The zero-order valence-corrected chi connectivity index (χ0v) is 16.0. The molecule has 4 aliphatic carbocycles. The third kappa shape index (κ3) is 2.17. The van der Waals surface area contributed by atoms with Crippen LogP contribution in [-0.4, -0.2) is 10.8 Å². The summed E-state index contributed by atoms with van der Waals surface area (Å²) in [6.45, 7) is 4.97. The molecule has 1 aromatic rings. The van der Waals surface area contributed by atoms with Gasteiger partial charge in [-0.05, 0) is 72.5 Å². The molecular formula is C24H29NO. The van der Waals surface area contributed by atoms with Crippen LogP contribution in [0.2, 0.25) is 0 Å². The lowest BCUT2D eigenvalue weighted by Gasteiger charge is -2.58. The monoisotopic (exact) mass is 347 g/mol. The van der Waals surface area contributed by atoms with E-state index in [-0.39, 0.29) is 5.41 Å². The van der Waals surface area contributed by atoms with Crippen LogP contribution >= 0.6 is 0 Å². The van der Waals surface area contributed by atoms with Crippen LogP contribution in [-0.2, 0) is 4.79 Å². The first kappa shape index (κ1) is 16.5. The molecule has 0 spiro atoms. The molecule has 0 aliphatic heterocycles. The molecule has 2 nitrogen and oxygen atoms in total. The van der Waals surface area contributed by atoms with Gasteiger partial charge in [0.1, 0.15) is 5.78 Å². The van der Waals surface area contributed by atoms with Crippen LogP contribution in [0.4, 0.5) is 0 Å². The summed E-state index contributed by atoms with van der Waals surface area (Å²) in [4.78, 5) is 16.4. The average Bonchev–Trinajstić information content (AvgIpc) is 3.00. The Balaban J connectivity index is 1.47. The Morgan fingerprint density at radius 1 is 1.12 bits per heavy atom. The molecule has 0 radical (unpaired) electrons. The van der Waals surface area contributed by atoms with Crippen molar-refractivity contribution in [2.45, 2.75) is 58.8 Å². The van der Waals surface area contributed by atoms with E-state index in [2.05, 4.69) is 43.1 Å². The molecular weight excluding hydrogens is 318 g/mol. The van der Waals surface area contributed by atoms with Gasteiger partial charge in [-0.25, -0.2) is 0 Å². The van der Waals surface area contributed by atoms with Gasteiger partial charge in [0.05, 0.1) is 0 Å². The molecule has 2 heteroatoms. The molecule has 1 aromatic heterocycles. The number of carbonyl (C=O) groups is 1. The number of aromatic nitrogens is 1. The SMILES string of the molecule is C[C@]12CC[C@H]3[C@@H](CCC4CC(=O)CC[C@@]43C)C1=CC=C2c1cccnc1. The molecule has 3 saturated carbocycles. The second kappa shape index (κ2) is 5.65. The van der Waals surface area contributed by atoms with Gasteiger partial charge in [0.25, 0.3) is 0 Å². The van der Waals surface area contributed by atoms with Crippen LogP contribution in [0.1, 0.15) is 64.4 Å². The van der Waals surface area contributed by atoms with Crippen molar-refractivity contribution in [3.63, 3.8) is 0 Å². The van der Waals surface area contributed by atoms with Crippen molar-refractivity contribution in [3.05, 3.63) is 47.8 Å². The van der Waals surface area contributed by atoms with E-state index < -0.39 is 0 Å². The van der Waals surface area contributed by atoms with E-state index in [0.29, 0.717) is 23.0 Å². The van der Waals surface area contributed by atoms with E-state index in [1.807, 2.05) is 12.4 Å². The maximum atomic E-state index is 12.0. The van der Waals surface area contributed by atoms with Crippen LogP contribution in [0, 0.1) is 28.6 Å². The van der Waals surface area contributed by atoms with Crippen molar-refractivity contribution in [1.82, 2.24) is 4.98 Å². The number of carbonyl (C=O) groups excluding carboxylic acids is 1. The molecule has 1 heterocycles.